The number of hydrogen-bond donors (Lipinski definition) is 0. The molecule has 9 heteroatoms. The molecule has 130 valence electrons. The molecule has 2 rings (SSSR count). The van der Waals surface area contributed by atoms with E-state index < -0.39 is 28.0 Å². The lowest BCUT2D eigenvalue weighted by Gasteiger charge is -2.30. The monoisotopic (exact) mass is 390 g/mol. The van der Waals surface area contributed by atoms with Crippen LogP contribution in [0.1, 0.15) is 19.8 Å². The molecule has 0 aliphatic carbocycles. The van der Waals surface area contributed by atoms with Crippen molar-refractivity contribution in [1.82, 2.24) is 4.31 Å². The highest BCUT2D eigenvalue weighted by Gasteiger charge is 2.34. The molecule has 1 saturated heterocycles. The Hall–Kier alpha value is -1.33. The van der Waals surface area contributed by atoms with Crippen LogP contribution in [0.25, 0.3) is 0 Å². The van der Waals surface area contributed by atoms with Crippen molar-refractivity contribution in [3.8, 4) is 6.07 Å². The van der Waals surface area contributed by atoms with Gasteiger partial charge in [0.2, 0.25) is 10.0 Å². The van der Waals surface area contributed by atoms with E-state index in [4.69, 9.17) is 33.2 Å². The molecule has 0 bridgehead atoms. The first-order valence-electron chi connectivity index (χ1n) is 7.31. The quantitative estimate of drug-likeness (QED) is 0.737. The first-order chi connectivity index (χ1) is 11.3. The van der Waals surface area contributed by atoms with E-state index in [9.17, 15) is 13.2 Å². The second-order valence-electron chi connectivity index (χ2n) is 5.46. The molecule has 0 unspecified atom stereocenters. The summed E-state index contributed by atoms with van der Waals surface area (Å²) in [5.41, 5.74) is 0. The van der Waals surface area contributed by atoms with Crippen LogP contribution in [0.5, 0.6) is 0 Å². The van der Waals surface area contributed by atoms with Crippen molar-refractivity contribution in [2.75, 3.05) is 13.1 Å². The summed E-state index contributed by atoms with van der Waals surface area (Å²) in [5, 5.41) is 9.05. The predicted molar refractivity (Wildman–Crippen MR) is 89.1 cm³/mol. The minimum Gasteiger partial charge on any atom is -0.447 e. The standard InChI is InChI=1S/C15H16Cl2N2O4S/c1-10(9-18)23-15(20)11-4-6-19(7-5-11)24(21,22)14-8-12(16)2-3-13(14)17/h2-3,8,10-11H,4-7H2,1H3/t10-/m0/s1. The van der Waals surface area contributed by atoms with E-state index in [0.717, 1.165) is 0 Å². The number of esters is 1. The number of nitrogens with zero attached hydrogens (tertiary/aromatic N) is 2. The topological polar surface area (TPSA) is 87.5 Å². The van der Waals surface area contributed by atoms with Gasteiger partial charge in [0, 0.05) is 18.1 Å². The van der Waals surface area contributed by atoms with Gasteiger partial charge < -0.3 is 4.74 Å². The largest absolute Gasteiger partial charge is 0.447 e. The van der Waals surface area contributed by atoms with Gasteiger partial charge in [-0.1, -0.05) is 23.2 Å². The Kier molecular flexibility index (Phi) is 6.10. The first kappa shape index (κ1) is 19.0. The zero-order valence-electron chi connectivity index (χ0n) is 12.9. The van der Waals surface area contributed by atoms with Gasteiger partial charge in [-0.3, -0.25) is 4.79 Å². The number of carbonyl (C=O) groups excluding carboxylic acids is 1. The Morgan fingerprint density at radius 2 is 2.00 bits per heavy atom. The SMILES string of the molecule is C[C@@H](C#N)OC(=O)C1CCN(S(=O)(=O)c2cc(Cl)ccc2Cl)CC1. The van der Waals surface area contributed by atoms with Crippen molar-refractivity contribution in [3.63, 3.8) is 0 Å². The van der Waals surface area contributed by atoms with Crippen LogP contribution in [0, 0.1) is 17.2 Å². The fourth-order valence-corrected chi connectivity index (χ4v) is 4.65. The Labute approximate surface area is 151 Å². The van der Waals surface area contributed by atoms with Crippen molar-refractivity contribution in [2.45, 2.75) is 30.8 Å². The molecule has 1 aliphatic heterocycles. The van der Waals surface area contributed by atoms with E-state index in [2.05, 4.69) is 0 Å². The zero-order valence-corrected chi connectivity index (χ0v) is 15.2. The summed E-state index contributed by atoms with van der Waals surface area (Å²) >= 11 is 11.8. The van der Waals surface area contributed by atoms with Gasteiger partial charge in [-0.2, -0.15) is 9.57 Å². The lowest BCUT2D eigenvalue weighted by molar-refractivity contribution is -0.152. The highest BCUT2D eigenvalue weighted by molar-refractivity contribution is 7.89. The smallest absolute Gasteiger partial charge is 0.310 e. The lowest BCUT2D eigenvalue weighted by atomic mass is 9.98. The highest BCUT2D eigenvalue weighted by atomic mass is 35.5. The van der Waals surface area contributed by atoms with Crippen molar-refractivity contribution < 1.29 is 17.9 Å². The van der Waals surface area contributed by atoms with Gasteiger partial charge in [-0.05, 0) is 38.0 Å². The average molecular weight is 391 g/mol. The van der Waals surface area contributed by atoms with Crippen LogP contribution < -0.4 is 0 Å². The third-order valence-corrected chi connectivity index (χ3v) is 6.39. The molecule has 0 amide bonds. The third kappa shape index (κ3) is 4.19. The van der Waals surface area contributed by atoms with Crippen LogP contribution in [0.4, 0.5) is 0 Å². The number of ether oxygens (including phenoxy) is 1. The summed E-state index contributed by atoms with van der Waals surface area (Å²) in [7, 11) is -3.78. The van der Waals surface area contributed by atoms with E-state index in [0.29, 0.717) is 12.8 Å². The summed E-state index contributed by atoms with van der Waals surface area (Å²) in [4.78, 5) is 11.9. The van der Waals surface area contributed by atoms with Crippen LogP contribution in [0.15, 0.2) is 23.1 Å². The Morgan fingerprint density at radius 1 is 1.38 bits per heavy atom. The van der Waals surface area contributed by atoms with Gasteiger partial charge in [0.15, 0.2) is 6.10 Å². The minimum atomic E-state index is -3.78. The molecule has 0 saturated carbocycles. The minimum absolute atomic E-state index is 0.0456. The molecule has 1 fully saturated rings. The van der Waals surface area contributed by atoms with Gasteiger partial charge in [0.05, 0.1) is 10.9 Å². The molecule has 0 aromatic heterocycles. The van der Waals surface area contributed by atoms with E-state index in [-0.39, 0.29) is 28.0 Å². The molecule has 0 N–H and O–H groups in total. The second-order valence-corrected chi connectivity index (χ2v) is 8.21. The number of piperidine rings is 1. The maximum atomic E-state index is 12.7. The summed E-state index contributed by atoms with van der Waals surface area (Å²) in [6.45, 7) is 1.83. The summed E-state index contributed by atoms with van der Waals surface area (Å²) in [5.74, 6) is -0.885. The van der Waals surface area contributed by atoms with Crippen molar-refractivity contribution in [1.29, 1.82) is 5.26 Å². The molecular weight excluding hydrogens is 375 g/mol. The van der Waals surface area contributed by atoms with Crippen LogP contribution in [0.3, 0.4) is 0 Å². The molecule has 0 spiro atoms. The Bertz CT molecular complexity index is 768. The van der Waals surface area contributed by atoms with E-state index >= 15 is 0 Å². The summed E-state index contributed by atoms with van der Waals surface area (Å²) in [6.07, 6.45) is -0.160. The molecule has 1 heterocycles. The number of rotatable bonds is 4. The number of benzene rings is 1. The number of nitriles is 1. The fourth-order valence-electron chi connectivity index (χ4n) is 2.44. The van der Waals surface area contributed by atoms with Crippen LogP contribution in [-0.2, 0) is 19.6 Å². The normalized spacial score (nSPS) is 17.9. The van der Waals surface area contributed by atoms with Crippen LogP contribution in [0.2, 0.25) is 10.0 Å². The molecule has 1 atom stereocenters. The van der Waals surface area contributed by atoms with E-state index in [1.165, 1.54) is 29.4 Å². The molecular formula is C15H16Cl2N2O4S. The molecule has 0 radical (unpaired) electrons. The van der Waals surface area contributed by atoms with Gasteiger partial charge in [-0.25, -0.2) is 8.42 Å². The number of sulfonamides is 1. The van der Waals surface area contributed by atoms with Crippen molar-refractivity contribution in [3.05, 3.63) is 28.2 Å². The summed E-state index contributed by atoms with van der Waals surface area (Å²) in [6, 6.07) is 6.09. The third-order valence-electron chi connectivity index (χ3n) is 3.77. The summed E-state index contributed by atoms with van der Waals surface area (Å²) < 4.78 is 31.6. The number of carbonyl (C=O) groups is 1. The number of hydrogen-bond acceptors (Lipinski definition) is 5. The van der Waals surface area contributed by atoms with Gasteiger partial charge in [0.25, 0.3) is 0 Å². The molecule has 24 heavy (non-hydrogen) atoms. The Balaban J connectivity index is 2.07. The van der Waals surface area contributed by atoms with Crippen LogP contribution in [-0.4, -0.2) is 37.9 Å². The van der Waals surface area contributed by atoms with Crippen molar-refractivity contribution in [2.24, 2.45) is 5.92 Å². The first-order valence-corrected chi connectivity index (χ1v) is 9.50. The van der Waals surface area contributed by atoms with Gasteiger partial charge >= 0.3 is 5.97 Å². The Morgan fingerprint density at radius 3 is 2.58 bits per heavy atom. The molecule has 1 aliphatic rings. The van der Waals surface area contributed by atoms with Gasteiger partial charge in [-0.15, -0.1) is 0 Å². The van der Waals surface area contributed by atoms with E-state index in [1.807, 2.05) is 6.07 Å². The van der Waals surface area contributed by atoms with Crippen LogP contribution >= 0.6 is 23.2 Å². The fraction of sp³-hybridized carbons (Fsp3) is 0.467. The maximum absolute atomic E-state index is 12.7. The van der Waals surface area contributed by atoms with Gasteiger partial charge in [0.1, 0.15) is 11.0 Å². The predicted octanol–water partition coefficient (Wildman–Crippen LogP) is 2.85. The average Bonchev–Trinajstić information content (AvgIpc) is 2.56. The zero-order chi connectivity index (χ0) is 17.9. The maximum Gasteiger partial charge on any atom is 0.310 e. The van der Waals surface area contributed by atoms with Crippen molar-refractivity contribution >= 4 is 39.2 Å². The molecule has 1 aromatic carbocycles. The van der Waals surface area contributed by atoms with E-state index in [1.54, 1.807) is 0 Å². The lowest BCUT2D eigenvalue weighted by Crippen LogP contribution is -2.41. The number of halogens is 2. The molecule has 1 aromatic rings. The highest BCUT2D eigenvalue weighted by Crippen LogP contribution is 2.30. The second kappa shape index (κ2) is 7.70. The molecule has 6 nitrogen and oxygen atoms in total.